The average Bonchev–Trinajstić information content (AvgIpc) is 3.78. The summed E-state index contributed by atoms with van der Waals surface area (Å²) in [5.74, 6) is 2.87. The second kappa shape index (κ2) is 11.7. The molecule has 0 spiro atoms. The van der Waals surface area contributed by atoms with E-state index in [4.69, 9.17) is 19.2 Å². The lowest BCUT2D eigenvalue weighted by Gasteiger charge is -2.30. The topological polar surface area (TPSA) is 83.1 Å². The monoisotopic (exact) mass is 593 g/mol. The van der Waals surface area contributed by atoms with Gasteiger partial charge in [-0.05, 0) is 57.0 Å². The van der Waals surface area contributed by atoms with E-state index in [-0.39, 0.29) is 12.2 Å². The van der Waals surface area contributed by atoms with E-state index < -0.39 is 0 Å². The van der Waals surface area contributed by atoms with Crippen molar-refractivity contribution in [2.24, 2.45) is 7.05 Å². The van der Waals surface area contributed by atoms with Gasteiger partial charge in [-0.25, -0.2) is 4.98 Å². The van der Waals surface area contributed by atoms with Gasteiger partial charge in [0.1, 0.15) is 17.3 Å². The van der Waals surface area contributed by atoms with Crippen molar-refractivity contribution in [1.82, 2.24) is 23.8 Å². The summed E-state index contributed by atoms with van der Waals surface area (Å²) in [5, 5.41) is 0.924. The number of Topliss-reactive ketones (excluding diaryl/α,β-unsaturated/α-hetero) is 1. The summed E-state index contributed by atoms with van der Waals surface area (Å²) < 4.78 is 21.2. The first-order valence-corrected chi connectivity index (χ1v) is 15.4. The van der Waals surface area contributed by atoms with Gasteiger partial charge in [0.05, 0.1) is 42.3 Å². The summed E-state index contributed by atoms with van der Waals surface area (Å²) in [6.07, 6.45) is 7.41. The quantitative estimate of drug-likeness (QED) is 0.216. The van der Waals surface area contributed by atoms with E-state index in [1.54, 1.807) is 14.2 Å². The summed E-state index contributed by atoms with van der Waals surface area (Å²) in [5.41, 5.74) is 6.22. The molecule has 44 heavy (non-hydrogen) atoms. The number of ether oxygens (including phenoxy) is 3. The van der Waals surface area contributed by atoms with Gasteiger partial charge in [0.15, 0.2) is 5.78 Å². The van der Waals surface area contributed by atoms with Gasteiger partial charge in [-0.3, -0.25) is 19.1 Å². The van der Waals surface area contributed by atoms with Crippen LogP contribution < -0.4 is 9.47 Å². The Hall–Kier alpha value is -4.21. The molecular formula is C35H39N5O4. The van der Waals surface area contributed by atoms with Crippen LogP contribution in [0.5, 0.6) is 11.5 Å². The predicted octanol–water partition coefficient (Wildman–Crippen LogP) is 5.61. The number of ketones is 1. The number of likely N-dealkylation sites (tertiary alicyclic amines) is 1. The fourth-order valence-electron chi connectivity index (χ4n) is 7.17. The van der Waals surface area contributed by atoms with Crippen LogP contribution in [0.25, 0.3) is 27.7 Å². The van der Waals surface area contributed by atoms with Crippen LogP contribution in [0, 0.1) is 6.92 Å². The Morgan fingerprint density at radius 2 is 1.86 bits per heavy atom. The summed E-state index contributed by atoms with van der Waals surface area (Å²) in [7, 11) is 5.22. The minimum Gasteiger partial charge on any atom is -0.496 e. The standard InChI is InChI=1S/C35H39N5O4/c1-22-34-33(37-35(40(34)15-13-36-22)25-10-14-39(21-25)26-11-16-44-17-12-26)24-9-8-23(32(19-24)43-4)18-30(41)29-20-27-28(38(29)2)6-5-7-31(27)42-3/h5-9,13,15,19-20,25-26H,10-12,14,16-18,21H2,1-4H3/t25-/m0/s1. The van der Waals surface area contributed by atoms with Crippen LogP contribution in [0.3, 0.4) is 0 Å². The zero-order valence-corrected chi connectivity index (χ0v) is 25.9. The van der Waals surface area contributed by atoms with Crippen molar-refractivity contribution in [3.63, 3.8) is 0 Å². The first-order valence-electron chi connectivity index (χ1n) is 15.4. The summed E-state index contributed by atoms with van der Waals surface area (Å²) >= 11 is 0. The largest absolute Gasteiger partial charge is 0.496 e. The lowest BCUT2D eigenvalue weighted by Crippen LogP contribution is -2.37. The van der Waals surface area contributed by atoms with Crippen LogP contribution in [0.4, 0.5) is 0 Å². The SMILES string of the molecule is COc1cc(-c2nc([C@H]3CCN(C4CCOCC4)C3)n3ccnc(C)c23)ccc1CC(=O)c1cc2c(OC)cccc2n1C. The highest BCUT2D eigenvalue weighted by atomic mass is 16.5. The average molecular weight is 594 g/mol. The van der Waals surface area contributed by atoms with Gasteiger partial charge < -0.3 is 18.8 Å². The first-order chi connectivity index (χ1) is 21.5. The summed E-state index contributed by atoms with van der Waals surface area (Å²) in [4.78, 5) is 26.1. The van der Waals surface area contributed by atoms with Crippen LogP contribution in [0.2, 0.25) is 0 Å². The molecule has 1 atom stereocenters. The van der Waals surface area contributed by atoms with E-state index in [0.717, 1.165) is 96.1 Å². The van der Waals surface area contributed by atoms with Crippen molar-refractivity contribution in [2.45, 2.75) is 44.6 Å². The van der Waals surface area contributed by atoms with Crippen molar-refractivity contribution in [2.75, 3.05) is 40.5 Å². The lowest BCUT2D eigenvalue weighted by atomic mass is 10.0. The number of nitrogens with zero attached hydrogens (tertiary/aromatic N) is 5. The number of hydrogen-bond acceptors (Lipinski definition) is 7. The first kappa shape index (κ1) is 28.6. The van der Waals surface area contributed by atoms with E-state index >= 15 is 0 Å². The van der Waals surface area contributed by atoms with Crippen molar-refractivity contribution in [3.8, 4) is 22.8 Å². The Morgan fingerprint density at radius 3 is 2.66 bits per heavy atom. The van der Waals surface area contributed by atoms with Gasteiger partial charge in [0, 0.05) is 74.1 Å². The van der Waals surface area contributed by atoms with Gasteiger partial charge in [-0.15, -0.1) is 0 Å². The van der Waals surface area contributed by atoms with Crippen LogP contribution in [-0.4, -0.2) is 76.2 Å². The van der Waals surface area contributed by atoms with E-state index in [1.807, 2.05) is 67.3 Å². The molecule has 2 aliphatic heterocycles. The molecule has 2 fully saturated rings. The third-order valence-corrected chi connectivity index (χ3v) is 9.52. The van der Waals surface area contributed by atoms with E-state index in [2.05, 4.69) is 20.4 Å². The molecule has 0 unspecified atom stereocenters. The Balaban J connectivity index is 1.19. The number of fused-ring (bicyclic) bond motifs is 2. The summed E-state index contributed by atoms with van der Waals surface area (Å²) in [6, 6.07) is 14.4. The Morgan fingerprint density at radius 1 is 1.05 bits per heavy atom. The van der Waals surface area contributed by atoms with E-state index in [1.165, 1.54) is 0 Å². The van der Waals surface area contributed by atoms with Crippen LogP contribution in [0.1, 0.15) is 52.8 Å². The van der Waals surface area contributed by atoms with Gasteiger partial charge >= 0.3 is 0 Å². The van der Waals surface area contributed by atoms with Crippen molar-refractivity contribution in [3.05, 3.63) is 77.6 Å². The normalized spacial score (nSPS) is 18.0. The Kier molecular flexibility index (Phi) is 7.60. The molecular weight excluding hydrogens is 554 g/mol. The molecule has 0 bridgehead atoms. The maximum absolute atomic E-state index is 13.6. The van der Waals surface area contributed by atoms with Crippen LogP contribution in [-0.2, 0) is 18.2 Å². The minimum absolute atomic E-state index is 0.0156. The smallest absolute Gasteiger partial charge is 0.183 e. The predicted molar refractivity (Wildman–Crippen MR) is 170 cm³/mol. The van der Waals surface area contributed by atoms with Crippen molar-refractivity contribution < 1.29 is 19.0 Å². The molecule has 2 saturated heterocycles. The summed E-state index contributed by atoms with van der Waals surface area (Å²) in [6.45, 7) is 5.84. The highest BCUT2D eigenvalue weighted by Crippen LogP contribution is 2.37. The van der Waals surface area contributed by atoms with Crippen LogP contribution in [0.15, 0.2) is 54.9 Å². The number of imidazole rings is 1. The van der Waals surface area contributed by atoms with Gasteiger partial charge in [0.25, 0.3) is 0 Å². The number of methoxy groups -OCH3 is 2. The van der Waals surface area contributed by atoms with Gasteiger partial charge in [-0.2, -0.15) is 0 Å². The van der Waals surface area contributed by atoms with Crippen LogP contribution >= 0.6 is 0 Å². The molecule has 9 heteroatoms. The zero-order chi connectivity index (χ0) is 30.4. The molecule has 228 valence electrons. The molecule has 3 aromatic heterocycles. The molecule has 0 saturated carbocycles. The maximum Gasteiger partial charge on any atom is 0.183 e. The fraction of sp³-hybridized carbons (Fsp3) is 0.400. The molecule has 2 aliphatic rings. The molecule has 0 radical (unpaired) electrons. The number of benzene rings is 2. The number of rotatable bonds is 8. The second-order valence-electron chi connectivity index (χ2n) is 12.0. The number of aromatic nitrogens is 4. The molecule has 7 rings (SSSR count). The molecule has 5 heterocycles. The number of carbonyl (C=O) groups excluding carboxylic acids is 1. The van der Waals surface area contributed by atoms with Crippen molar-refractivity contribution in [1.29, 1.82) is 0 Å². The van der Waals surface area contributed by atoms with E-state index in [9.17, 15) is 4.79 Å². The number of carbonyl (C=O) groups is 1. The number of aryl methyl sites for hydroxylation is 2. The fourth-order valence-corrected chi connectivity index (χ4v) is 7.17. The molecule has 0 aliphatic carbocycles. The molecule has 0 amide bonds. The molecule has 2 aromatic carbocycles. The maximum atomic E-state index is 13.6. The second-order valence-corrected chi connectivity index (χ2v) is 12.0. The Bertz CT molecular complexity index is 1850. The highest BCUT2D eigenvalue weighted by Gasteiger charge is 2.33. The minimum atomic E-state index is 0.0156. The zero-order valence-electron chi connectivity index (χ0n) is 25.9. The molecule has 0 N–H and O–H groups in total. The van der Waals surface area contributed by atoms with Crippen molar-refractivity contribution >= 4 is 22.2 Å². The van der Waals surface area contributed by atoms with Gasteiger partial charge in [0.2, 0.25) is 0 Å². The van der Waals surface area contributed by atoms with E-state index in [0.29, 0.717) is 23.4 Å². The lowest BCUT2D eigenvalue weighted by molar-refractivity contribution is 0.0419. The number of hydrogen-bond donors (Lipinski definition) is 0. The highest BCUT2D eigenvalue weighted by molar-refractivity contribution is 6.02. The third-order valence-electron chi connectivity index (χ3n) is 9.52. The molecule has 9 nitrogen and oxygen atoms in total. The Labute approximate surface area is 257 Å². The van der Waals surface area contributed by atoms with Gasteiger partial charge in [-0.1, -0.05) is 18.2 Å². The third kappa shape index (κ3) is 4.94. The molecule has 5 aromatic rings.